The highest BCUT2D eigenvalue weighted by Gasteiger charge is 2.17. The largest absolute Gasteiger partial charge is 0.309 e. The highest BCUT2D eigenvalue weighted by molar-refractivity contribution is 7.99. The molecule has 0 saturated carbocycles. The summed E-state index contributed by atoms with van der Waals surface area (Å²) in [6.07, 6.45) is 7.18. The second kappa shape index (κ2) is 7.65. The summed E-state index contributed by atoms with van der Waals surface area (Å²) in [6, 6.07) is 9.50. The van der Waals surface area contributed by atoms with Gasteiger partial charge < -0.3 is 5.32 Å². The molecule has 0 spiro atoms. The van der Waals surface area contributed by atoms with Gasteiger partial charge in [0.15, 0.2) is 0 Å². The van der Waals surface area contributed by atoms with Gasteiger partial charge in [0.1, 0.15) is 0 Å². The predicted molar refractivity (Wildman–Crippen MR) is 82.3 cm³/mol. The first-order chi connectivity index (χ1) is 8.92. The molecular weight excluding hydrogens is 238 g/mol. The summed E-state index contributed by atoms with van der Waals surface area (Å²) in [5.74, 6) is 2.23. The van der Waals surface area contributed by atoms with Gasteiger partial charge in [-0.25, -0.2) is 0 Å². The number of hydrogen-bond donors (Lipinski definition) is 1. The first-order valence-electron chi connectivity index (χ1n) is 6.91. The van der Waals surface area contributed by atoms with E-state index in [0.717, 1.165) is 12.3 Å². The Hall–Kier alpha value is -0.730. The van der Waals surface area contributed by atoms with Crippen molar-refractivity contribution in [1.29, 1.82) is 0 Å². The Kier molecular flexibility index (Phi) is 5.82. The van der Waals surface area contributed by atoms with E-state index in [4.69, 9.17) is 0 Å². The molecule has 0 saturated heterocycles. The van der Waals surface area contributed by atoms with Gasteiger partial charge in [-0.3, -0.25) is 0 Å². The number of rotatable bonds is 6. The maximum absolute atomic E-state index is 3.75. The second-order valence-corrected chi connectivity index (χ2v) is 5.96. The van der Waals surface area contributed by atoms with Gasteiger partial charge in [0.2, 0.25) is 0 Å². The minimum atomic E-state index is 0.563. The van der Waals surface area contributed by atoms with Gasteiger partial charge >= 0.3 is 0 Å². The number of hydrogen-bond acceptors (Lipinski definition) is 2. The summed E-state index contributed by atoms with van der Waals surface area (Å²) in [4.78, 5) is 0. The molecule has 98 valence electrons. The van der Waals surface area contributed by atoms with Crippen molar-refractivity contribution in [2.24, 2.45) is 0 Å². The van der Waals surface area contributed by atoms with Crippen LogP contribution in [0, 0.1) is 0 Å². The second-order valence-electron chi connectivity index (χ2n) is 4.81. The zero-order chi connectivity index (χ0) is 12.6. The fourth-order valence-corrected chi connectivity index (χ4v) is 3.20. The summed E-state index contributed by atoms with van der Waals surface area (Å²) >= 11 is 1.95. The average molecular weight is 261 g/mol. The summed E-state index contributed by atoms with van der Waals surface area (Å²) < 4.78 is 0. The van der Waals surface area contributed by atoms with Crippen molar-refractivity contribution in [2.45, 2.75) is 31.7 Å². The van der Waals surface area contributed by atoms with E-state index < -0.39 is 0 Å². The predicted octanol–water partition coefficient (Wildman–Crippen LogP) is 3.96. The molecule has 0 bridgehead atoms. The third kappa shape index (κ3) is 3.89. The van der Waals surface area contributed by atoms with Crippen LogP contribution in [0.2, 0.25) is 0 Å². The molecule has 2 rings (SSSR count). The zero-order valence-corrected chi connectivity index (χ0v) is 11.8. The van der Waals surface area contributed by atoms with Crippen molar-refractivity contribution >= 4 is 11.8 Å². The molecule has 0 radical (unpaired) electrons. The monoisotopic (exact) mass is 261 g/mol. The molecule has 0 heterocycles. The van der Waals surface area contributed by atoms with Crippen LogP contribution in [-0.4, -0.2) is 18.1 Å². The minimum Gasteiger partial charge on any atom is -0.309 e. The Morgan fingerprint density at radius 3 is 3.11 bits per heavy atom. The minimum absolute atomic E-state index is 0.563. The first-order valence-corrected chi connectivity index (χ1v) is 8.07. The lowest BCUT2D eigenvalue weighted by atomic mass is 9.99. The molecule has 1 N–H and O–H groups in total. The Morgan fingerprint density at radius 2 is 2.22 bits per heavy atom. The van der Waals surface area contributed by atoms with Crippen LogP contribution in [0.5, 0.6) is 0 Å². The van der Waals surface area contributed by atoms with Gasteiger partial charge in [-0.15, -0.1) is 6.58 Å². The van der Waals surface area contributed by atoms with E-state index in [9.17, 15) is 0 Å². The SMILES string of the molecule is C=CCSCCNC1CCCCc2ccccc21. The van der Waals surface area contributed by atoms with E-state index in [1.54, 1.807) is 5.56 Å². The van der Waals surface area contributed by atoms with Crippen LogP contribution in [0.1, 0.15) is 36.4 Å². The van der Waals surface area contributed by atoms with Crippen LogP contribution >= 0.6 is 11.8 Å². The molecule has 0 fully saturated rings. The summed E-state index contributed by atoms with van der Waals surface area (Å²) in [7, 11) is 0. The lowest BCUT2D eigenvalue weighted by Gasteiger charge is -2.19. The number of benzene rings is 1. The van der Waals surface area contributed by atoms with E-state index in [2.05, 4.69) is 36.2 Å². The highest BCUT2D eigenvalue weighted by Crippen LogP contribution is 2.28. The topological polar surface area (TPSA) is 12.0 Å². The molecule has 0 aliphatic heterocycles. The third-order valence-electron chi connectivity index (χ3n) is 3.49. The lowest BCUT2D eigenvalue weighted by Crippen LogP contribution is -2.24. The van der Waals surface area contributed by atoms with Crippen LogP contribution in [0.3, 0.4) is 0 Å². The summed E-state index contributed by atoms with van der Waals surface area (Å²) in [6.45, 7) is 4.84. The Labute approximate surface area is 115 Å². The van der Waals surface area contributed by atoms with Gasteiger partial charge in [-0.1, -0.05) is 36.8 Å². The van der Waals surface area contributed by atoms with Crippen LogP contribution < -0.4 is 5.32 Å². The van der Waals surface area contributed by atoms with Crippen LogP contribution in [-0.2, 0) is 6.42 Å². The van der Waals surface area contributed by atoms with E-state index in [0.29, 0.717) is 6.04 Å². The summed E-state index contributed by atoms with van der Waals surface area (Å²) in [5.41, 5.74) is 3.08. The average Bonchev–Trinajstić information content (AvgIpc) is 2.61. The maximum atomic E-state index is 3.75. The molecule has 18 heavy (non-hydrogen) atoms. The Balaban J connectivity index is 1.89. The molecule has 1 atom stereocenters. The number of thioether (sulfide) groups is 1. The van der Waals surface area contributed by atoms with Crippen molar-refractivity contribution in [1.82, 2.24) is 5.32 Å². The van der Waals surface area contributed by atoms with Crippen molar-refractivity contribution in [3.8, 4) is 0 Å². The standard InChI is InChI=1S/C16H23NS/c1-2-12-18-13-11-17-16-10-6-4-8-14-7-3-5-9-15(14)16/h2-3,5,7,9,16-17H,1,4,6,8,10-13H2. The smallest absolute Gasteiger partial charge is 0.0323 e. The molecule has 0 amide bonds. The fraction of sp³-hybridized carbons (Fsp3) is 0.500. The first kappa shape index (κ1) is 13.7. The van der Waals surface area contributed by atoms with Crippen LogP contribution in [0.15, 0.2) is 36.9 Å². The molecule has 1 aliphatic rings. The van der Waals surface area contributed by atoms with Gasteiger partial charge in [0, 0.05) is 24.1 Å². The highest BCUT2D eigenvalue weighted by atomic mass is 32.2. The van der Waals surface area contributed by atoms with E-state index in [1.165, 1.54) is 37.0 Å². The summed E-state index contributed by atoms with van der Waals surface area (Å²) in [5, 5.41) is 3.72. The fourth-order valence-electron chi connectivity index (χ4n) is 2.61. The molecule has 1 aromatic rings. The number of aryl methyl sites for hydroxylation is 1. The Morgan fingerprint density at radius 1 is 1.33 bits per heavy atom. The van der Waals surface area contributed by atoms with Gasteiger partial charge in [0.25, 0.3) is 0 Å². The molecule has 0 aromatic heterocycles. The van der Waals surface area contributed by atoms with Crippen molar-refractivity contribution in [2.75, 3.05) is 18.1 Å². The normalized spacial score (nSPS) is 19.0. The molecule has 1 aromatic carbocycles. The number of fused-ring (bicyclic) bond motifs is 1. The quantitative estimate of drug-likeness (QED) is 0.472. The van der Waals surface area contributed by atoms with Crippen LogP contribution in [0.4, 0.5) is 0 Å². The van der Waals surface area contributed by atoms with E-state index >= 15 is 0 Å². The van der Waals surface area contributed by atoms with Gasteiger partial charge in [-0.05, 0) is 30.4 Å². The van der Waals surface area contributed by atoms with E-state index in [1.807, 2.05) is 17.8 Å². The van der Waals surface area contributed by atoms with Gasteiger partial charge in [-0.2, -0.15) is 11.8 Å². The molecule has 1 aliphatic carbocycles. The third-order valence-corrected chi connectivity index (χ3v) is 4.46. The zero-order valence-electron chi connectivity index (χ0n) is 11.0. The number of nitrogens with one attached hydrogen (secondary N) is 1. The van der Waals surface area contributed by atoms with Crippen molar-refractivity contribution in [3.05, 3.63) is 48.0 Å². The van der Waals surface area contributed by atoms with Gasteiger partial charge in [0.05, 0.1) is 0 Å². The molecule has 1 unspecified atom stereocenters. The van der Waals surface area contributed by atoms with Crippen molar-refractivity contribution in [3.63, 3.8) is 0 Å². The molecule has 1 nitrogen and oxygen atoms in total. The molecule has 2 heteroatoms. The maximum Gasteiger partial charge on any atom is 0.0323 e. The van der Waals surface area contributed by atoms with Crippen LogP contribution in [0.25, 0.3) is 0 Å². The Bertz CT molecular complexity index is 375. The van der Waals surface area contributed by atoms with E-state index in [-0.39, 0.29) is 0 Å². The van der Waals surface area contributed by atoms with Crippen molar-refractivity contribution < 1.29 is 0 Å². The lowest BCUT2D eigenvalue weighted by molar-refractivity contribution is 0.505. The molecular formula is C16H23NS.